The van der Waals surface area contributed by atoms with Crippen LogP contribution in [0.5, 0.6) is 0 Å². The Morgan fingerprint density at radius 2 is 2.03 bits per heavy atom. The van der Waals surface area contributed by atoms with Gasteiger partial charge in [0.2, 0.25) is 11.8 Å². The summed E-state index contributed by atoms with van der Waals surface area (Å²) in [6, 6.07) is 8.14. The molecule has 1 aromatic heterocycles. The molecule has 2 aromatic rings. The first-order valence-electron chi connectivity index (χ1n) is 9.21. The first-order valence-corrected chi connectivity index (χ1v) is 9.59. The van der Waals surface area contributed by atoms with Crippen molar-refractivity contribution in [2.45, 2.75) is 45.1 Å². The van der Waals surface area contributed by atoms with Gasteiger partial charge in [-0.25, -0.2) is 4.99 Å². The number of fused-ring (bicyclic) bond motifs is 1. The van der Waals surface area contributed by atoms with Gasteiger partial charge < -0.3 is 20.3 Å². The minimum Gasteiger partial charge on any atom is -0.481 e. The number of nitrogens with one attached hydrogen (secondary N) is 1. The fraction of sp³-hybridized carbons (Fsp3) is 0.381. The van der Waals surface area contributed by atoms with Crippen LogP contribution in [-0.4, -0.2) is 39.7 Å². The lowest BCUT2D eigenvalue weighted by atomic mass is 9.91. The van der Waals surface area contributed by atoms with Crippen LogP contribution in [0.4, 0.5) is 0 Å². The SMILES string of the molecule is COC1=NCc2cc(CC(=O)N[C@@H](c3ccc(Cl)cc3)C(C)(C)O)nc(CO)c21. The molecule has 0 fully saturated rings. The number of amides is 1. The van der Waals surface area contributed by atoms with Crippen molar-refractivity contribution >= 4 is 23.4 Å². The van der Waals surface area contributed by atoms with Gasteiger partial charge in [-0.3, -0.25) is 9.78 Å². The second-order valence-electron chi connectivity index (χ2n) is 7.46. The molecule has 154 valence electrons. The molecule has 7 nitrogen and oxygen atoms in total. The maximum Gasteiger partial charge on any atom is 0.226 e. The monoisotopic (exact) mass is 417 g/mol. The van der Waals surface area contributed by atoms with Crippen LogP contribution in [0.3, 0.4) is 0 Å². The molecule has 0 unspecified atom stereocenters. The van der Waals surface area contributed by atoms with Crippen LogP contribution in [0.1, 0.15) is 48.0 Å². The molecular weight excluding hydrogens is 394 g/mol. The molecule has 1 aromatic carbocycles. The van der Waals surface area contributed by atoms with E-state index in [0.29, 0.717) is 34.4 Å². The number of aromatic nitrogens is 1. The molecular formula is C21H24ClN3O4. The summed E-state index contributed by atoms with van der Waals surface area (Å²) in [5, 5.41) is 23.7. The Kier molecular flexibility index (Phi) is 6.21. The molecule has 0 saturated heterocycles. The summed E-state index contributed by atoms with van der Waals surface area (Å²) in [5.41, 5.74) is 2.05. The van der Waals surface area contributed by atoms with Gasteiger partial charge in [-0.15, -0.1) is 0 Å². The average Bonchev–Trinajstić information content (AvgIpc) is 3.08. The second-order valence-corrected chi connectivity index (χ2v) is 7.90. The average molecular weight is 418 g/mol. The number of rotatable bonds is 6. The molecule has 8 heteroatoms. The highest BCUT2D eigenvalue weighted by atomic mass is 35.5. The van der Waals surface area contributed by atoms with E-state index >= 15 is 0 Å². The molecule has 0 radical (unpaired) electrons. The van der Waals surface area contributed by atoms with Crippen LogP contribution in [0, 0.1) is 0 Å². The quantitative estimate of drug-likeness (QED) is 0.669. The molecule has 1 aliphatic heterocycles. The van der Waals surface area contributed by atoms with Gasteiger partial charge >= 0.3 is 0 Å². The number of nitrogens with zero attached hydrogens (tertiary/aromatic N) is 2. The number of pyridine rings is 1. The molecule has 0 bridgehead atoms. The summed E-state index contributed by atoms with van der Waals surface area (Å²) in [7, 11) is 1.52. The number of aliphatic hydroxyl groups excluding tert-OH is 1. The zero-order valence-corrected chi connectivity index (χ0v) is 17.3. The van der Waals surface area contributed by atoms with E-state index < -0.39 is 11.6 Å². The van der Waals surface area contributed by atoms with E-state index in [-0.39, 0.29) is 18.9 Å². The third kappa shape index (κ3) is 4.75. The van der Waals surface area contributed by atoms with Crippen molar-refractivity contribution in [1.82, 2.24) is 10.3 Å². The highest BCUT2D eigenvalue weighted by Gasteiger charge is 2.30. The van der Waals surface area contributed by atoms with E-state index in [2.05, 4.69) is 15.3 Å². The van der Waals surface area contributed by atoms with Crippen LogP contribution >= 0.6 is 11.6 Å². The Balaban J connectivity index is 1.80. The zero-order valence-electron chi connectivity index (χ0n) is 16.6. The van der Waals surface area contributed by atoms with Gasteiger partial charge in [0.05, 0.1) is 55.3 Å². The topological polar surface area (TPSA) is 104 Å². The summed E-state index contributed by atoms with van der Waals surface area (Å²) in [5.74, 6) is 0.145. The first-order chi connectivity index (χ1) is 13.7. The summed E-state index contributed by atoms with van der Waals surface area (Å²) < 4.78 is 5.23. The number of halogens is 1. The molecule has 2 heterocycles. The lowest BCUT2D eigenvalue weighted by molar-refractivity contribution is -0.123. The van der Waals surface area contributed by atoms with Crippen LogP contribution in [0.2, 0.25) is 5.02 Å². The molecule has 29 heavy (non-hydrogen) atoms. The number of carbonyl (C=O) groups is 1. The number of hydrogen-bond acceptors (Lipinski definition) is 6. The number of hydrogen-bond donors (Lipinski definition) is 3. The van der Waals surface area contributed by atoms with Crippen LogP contribution in [-0.2, 0) is 29.1 Å². The highest BCUT2D eigenvalue weighted by molar-refractivity contribution is 6.30. The second kappa shape index (κ2) is 8.49. The van der Waals surface area contributed by atoms with Crippen molar-refractivity contribution in [2.24, 2.45) is 4.99 Å². The first kappa shape index (κ1) is 21.2. The van der Waals surface area contributed by atoms with E-state index in [9.17, 15) is 15.0 Å². The number of ether oxygens (including phenoxy) is 1. The third-order valence-corrected chi connectivity index (χ3v) is 4.99. The number of benzene rings is 1. The number of methoxy groups -OCH3 is 1. The highest BCUT2D eigenvalue weighted by Crippen LogP contribution is 2.27. The Labute approximate surface area is 174 Å². The van der Waals surface area contributed by atoms with E-state index in [1.165, 1.54) is 7.11 Å². The predicted octanol–water partition coefficient (Wildman–Crippen LogP) is 2.30. The van der Waals surface area contributed by atoms with Crippen molar-refractivity contribution in [3.05, 3.63) is 63.4 Å². The van der Waals surface area contributed by atoms with Crippen LogP contribution in [0.25, 0.3) is 0 Å². The predicted molar refractivity (Wildman–Crippen MR) is 110 cm³/mol. The Morgan fingerprint density at radius 1 is 1.34 bits per heavy atom. The van der Waals surface area contributed by atoms with Crippen molar-refractivity contribution in [3.8, 4) is 0 Å². The summed E-state index contributed by atoms with van der Waals surface area (Å²) >= 11 is 5.94. The molecule has 0 aliphatic carbocycles. The molecule has 1 atom stereocenters. The molecule has 3 N–H and O–H groups in total. The Morgan fingerprint density at radius 3 is 2.62 bits per heavy atom. The molecule has 1 amide bonds. The van der Waals surface area contributed by atoms with Gasteiger partial charge in [-0.2, -0.15) is 0 Å². The molecule has 3 rings (SSSR count). The summed E-state index contributed by atoms with van der Waals surface area (Å²) in [4.78, 5) is 21.4. The molecule has 0 saturated carbocycles. The molecule has 1 aliphatic rings. The summed E-state index contributed by atoms with van der Waals surface area (Å²) in [6.45, 7) is 3.40. The standard InChI is InChI=1S/C21H24ClN3O4/c1-21(2,28)19(12-4-6-14(22)7-5-12)25-17(27)9-15-8-13-10-23-20(29-3)18(13)16(11-26)24-15/h4-8,19,26,28H,9-11H2,1-3H3,(H,25,27)/t19-/m0/s1. The van der Waals surface area contributed by atoms with Gasteiger partial charge in [-0.05, 0) is 43.2 Å². The van der Waals surface area contributed by atoms with Crippen LogP contribution in [0.15, 0.2) is 35.3 Å². The van der Waals surface area contributed by atoms with E-state index in [1.807, 2.05) is 0 Å². The Bertz CT molecular complexity index is 936. The van der Waals surface area contributed by atoms with Gasteiger partial charge in [0.15, 0.2) is 0 Å². The lowest BCUT2D eigenvalue weighted by Gasteiger charge is -2.30. The number of carbonyl (C=O) groups excluding carboxylic acids is 1. The van der Waals surface area contributed by atoms with Gasteiger partial charge in [0.1, 0.15) is 0 Å². The van der Waals surface area contributed by atoms with Crippen LogP contribution < -0.4 is 5.32 Å². The van der Waals surface area contributed by atoms with E-state index in [0.717, 1.165) is 11.1 Å². The normalized spacial score (nSPS) is 14.2. The number of aliphatic imine (C=N–C) groups is 1. The Hall–Kier alpha value is -2.48. The zero-order chi connectivity index (χ0) is 21.2. The van der Waals surface area contributed by atoms with Crippen molar-refractivity contribution < 1.29 is 19.7 Å². The minimum absolute atomic E-state index is 0.00274. The molecule has 0 spiro atoms. The fourth-order valence-electron chi connectivity index (χ4n) is 3.41. The third-order valence-electron chi connectivity index (χ3n) is 4.74. The van der Waals surface area contributed by atoms with E-state index in [1.54, 1.807) is 44.2 Å². The maximum atomic E-state index is 12.7. The van der Waals surface area contributed by atoms with Gasteiger partial charge in [-0.1, -0.05) is 23.7 Å². The van der Waals surface area contributed by atoms with Crippen molar-refractivity contribution in [1.29, 1.82) is 0 Å². The lowest BCUT2D eigenvalue weighted by Crippen LogP contribution is -2.42. The van der Waals surface area contributed by atoms with Crippen molar-refractivity contribution in [3.63, 3.8) is 0 Å². The largest absolute Gasteiger partial charge is 0.481 e. The maximum absolute atomic E-state index is 12.7. The van der Waals surface area contributed by atoms with Gasteiger partial charge in [0.25, 0.3) is 0 Å². The smallest absolute Gasteiger partial charge is 0.226 e. The fourth-order valence-corrected chi connectivity index (χ4v) is 3.54. The number of aliphatic hydroxyl groups is 2. The van der Waals surface area contributed by atoms with E-state index in [4.69, 9.17) is 16.3 Å². The van der Waals surface area contributed by atoms with Gasteiger partial charge in [0, 0.05) is 5.02 Å². The summed E-state index contributed by atoms with van der Waals surface area (Å²) in [6.07, 6.45) is 0.00274. The van der Waals surface area contributed by atoms with Crippen molar-refractivity contribution in [2.75, 3.05) is 7.11 Å². The minimum atomic E-state index is -1.19.